The molecular formula is C19H16N4O. The number of rotatable bonds is 2. The van der Waals surface area contributed by atoms with Gasteiger partial charge in [0.25, 0.3) is 0 Å². The number of aromatic amines is 1. The molecule has 2 heterocycles. The third-order valence-electron chi connectivity index (χ3n) is 4.14. The van der Waals surface area contributed by atoms with Gasteiger partial charge in [0.1, 0.15) is 0 Å². The topological polar surface area (TPSA) is 63.6 Å². The molecule has 0 fully saturated rings. The number of nitrogens with zero attached hydrogens (tertiary/aromatic N) is 3. The molecule has 4 rings (SSSR count). The number of H-pyrrole nitrogens is 1. The van der Waals surface area contributed by atoms with Gasteiger partial charge in [-0.05, 0) is 18.6 Å². The molecule has 0 atom stereocenters. The minimum atomic E-state index is -0.149. The molecule has 0 aliphatic carbocycles. The van der Waals surface area contributed by atoms with Crippen molar-refractivity contribution in [3.63, 3.8) is 0 Å². The number of aryl methyl sites for hydroxylation is 2. The first-order valence-electron chi connectivity index (χ1n) is 7.73. The van der Waals surface area contributed by atoms with Gasteiger partial charge in [0.05, 0.1) is 0 Å². The summed E-state index contributed by atoms with van der Waals surface area (Å²) in [6.45, 7) is 2.04. The largest absolute Gasteiger partial charge is 0.322 e. The Kier molecular flexibility index (Phi) is 3.27. The molecule has 4 aromatic rings. The summed E-state index contributed by atoms with van der Waals surface area (Å²) in [4.78, 5) is 19.6. The van der Waals surface area contributed by atoms with Gasteiger partial charge in [-0.15, -0.1) is 0 Å². The Morgan fingerprint density at radius 1 is 1.00 bits per heavy atom. The van der Waals surface area contributed by atoms with Crippen molar-refractivity contribution < 1.29 is 0 Å². The second kappa shape index (κ2) is 5.45. The summed E-state index contributed by atoms with van der Waals surface area (Å²) in [6, 6.07) is 17.3. The summed E-state index contributed by atoms with van der Waals surface area (Å²) < 4.78 is 1.73. The highest BCUT2D eigenvalue weighted by molar-refractivity contribution is 5.92. The molecule has 0 unspecified atom stereocenters. The Balaban J connectivity index is 1.96. The van der Waals surface area contributed by atoms with E-state index in [9.17, 15) is 4.79 Å². The van der Waals surface area contributed by atoms with Crippen molar-refractivity contribution in [3.05, 3.63) is 70.5 Å². The lowest BCUT2D eigenvalue weighted by Gasteiger charge is -2.04. The van der Waals surface area contributed by atoms with E-state index in [1.165, 1.54) is 0 Å². The first-order chi connectivity index (χ1) is 11.6. The normalized spacial score (nSPS) is 11.1. The molecule has 0 aliphatic heterocycles. The van der Waals surface area contributed by atoms with Crippen LogP contribution in [0.1, 0.15) is 5.56 Å². The number of aromatic nitrogens is 4. The zero-order chi connectivity index (χ0) is 16.7. The molecule has 0 saturated carbocycles. The summed E-state index contributed by atoms with van der Waals surface area (Å²) in [6.07, 6.45) is 0. The molecule has 0 bridgehead atoms. The van der Waals surface area contributed by atoms with Crippen LogP contribution in [-0.2, 0) is 7.05 Å². The Morgan fingerprint density at radius 2 is 1.75 bits per heavy atom. The Hall–Kier alpha value is -3.21. The predicted molar refractivity (Wildman–Crippen MR) is 94.7 cm³/mol. The Bertz CT molecular complexity index is 1110. The van der Waals surface area contributed by atoms with Crippen LogP contribution in [0.25, 0.3) is 33.7 Å². The first-order valence-corrected chi connectivity index (χ1v) is 7.73. The molecule has 24 heavy (non-hydrogen) atoms. The van der Waals surface area contributed by atoms with Crippen molar-refractivity contribution in [2.75, 3.05) is 0 Å². The summed E-state index contributed by atoms with van der Waals surface area (Å²) in [5.74, 6) is 1.34. The maximum atomic E-state index is 12.0. The molecule has 0 spiro atoms. The SMILES string of the molecule is Cc1ccccc1-c1nc(-c2cc(=O)[nH]c3ccccc23)n(C)n1. The fourth-order valence-corrected chi connectivity index (χ4v) is 2.95. The van der Waals surface area contributed by atoms with Gasteiger partial charge in [0.15, 0.2) is 11.6 Å². The van der Waals surface area contributed by atoms with Crippen molar-refractivity contribution in [2.24, 2.45) is 7.05 Å². The molecule has 0 radical (unpaired) electrons. The van der Waals surface area contributed by atoms with Crippen molar-refractivity contribution in [1.82, 2.24) is 19.7 Å². The first kappa shape index (κ1) is 14.4. The molecule has 2 aromatic carbocycles. The number of nitrogens with one attached hydrogen (secondary N) is 1. The van der Waals surface area contributed by atoms with Gasteiger partial charge in [-0.1, -0.05) is 42.5 Å². The van der Waals surface area contributed by atoms with E-state index in [2.05, 4.69) is 10.1 Å². The Labute approximate surface area is 138 Å². The van der Waals surface area contributed by atoms with E-state index < -0.39 is 0 Å². The van der Waals surface area contributed by atoms with Crippen molar-refractivity contribution in [1.29, 1.82) is 0 Å². The highest BCUT2D eigenvalue weighted by atomic mass is 16.1. The number of hydrogen-bond acceptors (Lipinski definition) is 3. The van der Waals surface area contributed by atoms with Gasteiger partial charge >= 0.3 is 0 Å². The van der Waals surface area contributed by atoms with E-state index in [0.717, 1.165) is 27.6 Å². The Morgan fingerprint density at radius 3 is 2.58 bits per heavy atom. The fraction of sp³-hybridized carbons (Fsp3) is 0.105. The maximum absolute atomic E-state index is 12.0. The summed E-state index contributed by atoms with van der Waals surface area (Å²) in [5, 5.41) is 5.50. The van der Waals surface area contributed by atoms with E-state index in [1.807, 2.05) is 62.5 Å². The predicted octanol–water partition coefficient (Wildman–Crippen LogP) is 3.30. The number of benzene rings is 2. The second-order valence-electron chi connectivity index (χ2n) is 5.79. The zero-order valence-electron chi connectivity index (χ0n) is 13.4. The number of fused-ring (bicyclic) bond motifs is 1. The summed E-state index contributed by atoms with van der Waals surface area (Å²) >= 11 is 0. The maximum Gasteiger partial charge on any atom is 0.249 e. The van der Waals surface area contributed by atoms with Crippen LogP contribution in [-0.4, -0.2) is 19.7 Å². The van der Waals surface area contributed by atoms with Crippen LogP contribution in [0.4, 0.5) is 0 Å². The van der Waals surface area contributed by atoms with Crippen LogP contribution in [0.3, 0.4) is 0 Å². The van der Waals surface area contributed by atoms with Gasteiger partial charge in [-0.25, -0.2) is 9.67 Å². The van der Waals surface area contributed by atoms with E-state index in [-0.39, 0.29) is 5.56 Å². The van der Waals surface area contributed by atoms with Gasteiger partial charge in [0.2, 0.25) is 5.56 Å². The van der Waals surface area contributed by atoms with E-state index in [0.29, 0.717) is 11.6 Å². The van der Waals surface area contributed by atoms with E-state index in [4.69, 9.17) is 4.98 Å². The molecule has 1 N–H and O–H groups in total. The molecular weight excluding hydrogens is 300 g/mol. The lowest BCUT2D eigenvalue weighted by Crippen LogP contribution is -2.06. The van der Waals surface area contributed by atoms with Crippen LogP contribution in [0.2, 0.25) is 0 Å². The molecule has 5 nitrogen and oxygen atoms in total. The minimum absolute atomic E-state index is 0.149. The number of pyridine rings is 1. The third kappa shape index (κ3) is 2.31. The van der Waals surface area contributed by atoms with Crippen LogP contribution in [0.5, 0.6) is 0 Å². The average molecular weight is 316 g/mol. The van der Waals surface area contributed by atoms with Crippen molar-refractivity contribution in [2.45, 2.75) is 6.92 Å². The van der Waals surface area contributed by atoms with Crippen LogP contribution < -0.4 is 5.56 Å². The number of para-hydroxylation sites is 1. The van der Waals surface area contributed by atoms with Gasteiger partial charge < -0.3 is 4.98 Å². The van der Waals surface area contributed by atoms with Gasteiger partial charge in [-0.2, -0.15) is 5.10 Å². The average Bonchev–Trinajstić information content (AvgIpc) is 2.96. The summed E-state index contributed by atoms with van der Waals surface area (Å²) in [7, 11) is 1.85. The smallest absolute Gasteiger partial charge is 0.249 e. The molecule has 118 valence electrons. The quantitative estimate of drug-likeness (QED) is 0.617. The fourth-order valence-electron chi connectivity index (χ4n) is 2.95. The summed E-state index contributed by atoms with van der Waals surface area (Å²) in [5.41, 5.74) is 3.53. The van der Waals surface area contributed by atoms with E-state index in [1.54, 1.807) is 10.7 Å². The van der Waals surface area contributed by atoms with E-state index >= 15 is 0 Å². The van der Waals surface area contributed by atoms with Crippen molar-refractivity contribution in [3.8, 4) is 22.8 Å². The molecule has 0 amide bonds. The lowest BCUT2D eigenvalue weighted by molar-refractivity contribution is 0.777. The minimum Gasteiger partial charge on any atom is -0.322 e. The van der Waals surface area contributed by atoms with Crippen LogP contribution in [0, 0.1) is 6.92 Å². The van der Waals surface area contributed by atoms with Gasteiger partial charge in [-0.3, -0.25) is 4.79 Å². The number of hydrogen-bond donors (Lipinski definition) is 1. The highest BCUT2D eigenvalue weighted by Crippen LogP contribution is 2.27. The molecule has 2 aromatic heterocycles. The third-order valence-corrected chi connectivity index (χ3v) is 4.14. The zero-order valence-corrected chi connectivity index (χ0v) is 13.4. The van der Waals surface area contributed by atoms with Gasteiger partial charge in [0, 0.05) is 35.1 Å². The molecule has 0 saturated heterocycles. The highest BCUT2D eigenvalue weighted by Gasteiger charge is 2.15. The van der Waals surface area contributed by atoms with Crippen LogP contribution in [0.15, 0.2) is 59.4 Å². The molecule has 0 aliphatic rings. The standard InChI is InChI=1S/C19H16N4O/c1-12-7-3-4-8-13(12)18-21-19(23(2)22-18)15-11-17(24)20-16-10-6-5-9-14(15)16/h3-11H,1-2H3,(H,20,24). The second-order valence-corrected chi connectivity index (χ2v) is 5.79. The van der Waals surface area contributed by atoms with Crippen LogP contribution >= 0.6 is 0 Å². The van der Waals surface area contributed by atoms with Crippen molar-refractivity contribution >= 4 is 10.9 Å². The monoisotopic (exact) mass is 316 g/mol. The molecule has 5 heteroatoms. The lowest BCUT2D eigenvalue weighted by atomic mass is 10.1.